The number of hydrogen-bond acceptors (Lipinski definition) is 4. The maximum Gasteiger partial charge on any atom is 0.262 e. The fourth-order valence-electron chi connectivity index (χ4n) is 2.72. The molecule has 0 unspecified atom stereocenters. The summed E-state index contributed by atoms with van der Waals surface area (Å²) in [5, 5.41) is 11.8. The fraction of sp³-hybridized carbons (Fsp3) is 0.263. The van der Waals surface area contributed by atoms with Crippen LogP contribution >= 0.6 is 11.6 Å². The summed E-state index contributed by atoms with van der Waals surface area (Å²) < 4.78 is 11.5. The molecule has 0 aliphatic carbocycles. The number of benzene rings is 2. The molecule has 1 amide bonds. The second kappa shape index (κ2) is 6.66. The number of rotatable bonds is 4. The first-order valence-electron chi connectivity index (χ1n) is 7.81. The Morgan fingerprint density at radius 2 is 2.20 bits per heavy atom. The third kappa shape index (κ3) is 3.86. The molecule has 0 atom stereocenters. The van der Waals surface area contributed by atoms with Gasteiger partial charge >= 0.3 is 0 Å². The van der Waals surface area contributed by atoms with Gasteiger partial charge in [-0.3, -0.25) is 4.79 Å². The zero-order chi connectivity index (χ0) is 18.0. The third-order valence-electron chi connectivity index (χ3n) is 3.79. The summed E-state index contributed by atoms with van der Waals surface area (Å²) in [5.41, 5.74) is 1.66. The van der Waals surface area contributed by atoms with E-state index in [0.29, 0.717) is 22.7 Å². The van der Waals surface area contributed by atoms with E-state index in [-0.39, 0.29) is 23.1 Å². The highest BCUT2D eigenvalue weighted by molar-refractivity contribution is 6.32. The fourth-order valence-corrected chi connectivity index (χ4v) is 2.95. The highest BCUT2D eigenvalue weighted by Gasteiger charge is 2.32. The van der Waals surface area contributed by atoms with Crippen LogP contribution in [0.15, 0.2) is 36.4 Å². The Hall–Kier alpha value is -2.71. The highest BCUT2D eigenvalue weighted by atomic mass is 35.5. The van der Waals surface area contributed by atoms with E-state index in [0.717, 1.165) is 12.0 Å². The SMILES string of the molecule is CC1(C)Cc2cccc(OCC(=O)Nc3ccc(C#N)c(Cl)c3)c2O1. The maximum atomic E-state index is 12.1. The lowest BCUT2D eigenvalue weighted by Gasteiger charge is -2.18. The highest BCUT2D eigenvalue weighted by Crippen LogP contribution is 2.41. The summed E-state index contributed by atoms with van der Waals surface area (Å²) in [6.07, 6.45) is 0.801. The number of para-hydroxylation sites is 1. The molecule has 0 fully saturated rings. The van der Waals surface area contributed by atoms with Crippen LogP contribution in [0.3, 0.4) is 0 Å². The smallest absolute Gasteiger partial charge is 0.262 e. The number of halogens is 1. The molecule has 0 aromatic heterocycles. The summed E-state index contributed by atoms with van der Waals surface area (Å²) in [6, 6.07) is 12.3. The van der Waals surface area contributed by atoms with Gasteiger partial charge in [-0.15, -0.1) is 0 Å². The minimum atomic E-state index is -0.323. The van der Waals surface area contributed by atoms with E-state index in [9.17, 15) is 4.79 Å². The molecule has 0 radical (unpaired) electrons. The molecule has 128 valence electrons. The zero-order valence-corrected chi connectivity index (χ0v) is 14.7. The molecule has 1 aliphatic heterocycles. The average Bonchev–Trinajstić information content (AvgIpc) is 2.87. The summed E-state index contributed by atoms with van der Waals surface area (Å²) >= 11 is 5.96. The van der Waals surface area contributed by atoms with Gasteiger partial charge in [-0.2, -0.15) is 5.26 Å². The van der Waals surface area contributed by atoms with Gasteiger partial charge < -0.3 is 14.8 Å². The van der Waals surface area contributed by atoms with Gasteiger partial charge in [-0.25, -0.2) is 0 Å². The molecule has 1 heterocycles. The van der Waals surface area contributed by atoms with Crippen molar-refractivity contribution in [2.75, 3.05) is 11.9 Å². The predicted molar refractivity (Wildman–Crippen MR) is 95.1 cm³/mol. The second-order valence-corrected chi connectivity index (χ2v) is 6.83. The molecule has 5 nitrogen and oxygen atoms in total. The Labute approximate surface area is 151 Å². The molecule has 1 N–H and O–H groups in total. The number of nitrogens with zero attached hydrogens (tertiary/aromatic N) is 1. The lowest BCUT2D eigenvalue weighted by atomic mass is 10.0. The topological polar surface area (TPSA) is 71.3 Å². The van der Waals surface area contributed by atoms with Crippen molar-refractivity contribution >= 4 is 23.2 Å². The molecule has 0 saturated carbocycles. The van der Waals surface area contributed by atoms with E-state index in [1.807, 2.05) is 32.0 Å². The maximum absolute atomic E-state index is 12.1. The van der Waals surface area contributed by atoms with E-state index in [4.69, 9.17) is 26.3 Å². The zero-order valence-electron chi connectivity index (χ0n) is 13.9. The van der Waals surface area contributed by atoms with Crippen LogP contribution in [-0.4, -0.2) is 18.1 Å². The van der Waals surface area contributed by atoms with Gasteiger partial charge in [-0.05, 0) is 38.1 Å². The first-order valence-corrected chi connectivity index (χ1v) is 8.19. The molecule has 6 heteroatoms. The summed E-state index contributed by atoms with van der Waals surface area (Å²) in [7, 11) is 0. The first kappa shape index (κ1) is 17.1. The van der Waals surface area contributed by atoms with Crippen molar-refractivity contribution < 1.29 is 14.3 Å². The average molecular weight is 357 g/mol. The van der Waals surface area contributed by atoms with Crippen molar-refractivity contribution in [3.8, 4) is 17.6 Å². The number of fused-ring (bicyclic) bond motifs is 1. The van der Waals surface area contributed by atoms with Gasteiger partial charge in [0.1, 0.15) is 11.7 Å². The number of amides is 1. The molecular weight excluding hydrogens is 340 g/mol. The molecule has 1 aliphatic rings. The van der Waals surface area contributed by atoms with Crippen molar-refractivity contribution in [2.24, 2.45) is 0 Å². The third-order valence-corrected chi connectivity index (χ3v) is 4.10. The Bertz CT molecular complexity index is 871. The van der Waals surface area contributed by atoms with Gasteiger partial charge in [0.15, 0.2) is 18.1 Å². The van der Waals surface area contributed by atoms with Crippen molar-refractivity contribution in [1.82, 2.24) is 0 Å². The van der Waals surface area contributed by atoms with Crippen molar-refractivity contribution in [3.05, 3.63) is 52.5 Å². The van der Waals surface area contributed by atoms with Gasteiger partial charge in [0.05, 0.1) is 10.6 Å². The minimum absolute atomic E-state index is 0.155. The number of carbonyl (C=O) groups is 1. The standard InChI is InChI=1S/C19H17ClN2O3/c1-19(2)9-12-4-3-5-16(18(12)25-19)24-11-17(23)22-14-7-6-13(10-21)15(20)8-14/h3-8H,9,11H2,1-2H3,(H,22,23). The summed E-state index contributed by atoms with van der Waals surface area (Å²) in [4.78, 5) is 12.1. The lowest BCUT2D eigenvalue weighted by molar-refractivity contribution is -0.118. The van der Waals surface area contributed by atoms with Crippen LogP contribution in [0.4, 0.5) is 5.69 Å². The lowest BCUT2D eigenvalue weighted by Crippen LogP contribution is -2.25. The first-order chi connectivity index (χ1) is 11.9. The monoisotopic (exact) mass is 356 g/mol. The van der Waals surface area contributed by atoms with Gasteiger partial charge in [0.2, 0.25) is 0 Å². The Balaban J connectivity index is 1.64. The number of hydrogen-bond donors (Lipinski definition) is 1. The summed E-state index contributed by atoms with van der Waals surface area (Å²) in [5.74, 6) is 0.924. The van der Waals surface area contributed by atoms with Gasteiger partial charge in [-0.1, -0.05) is 23.7 Å². The molecule has 2 aromatic carbocycles. The minimum Gasteiger partial charge on any atom is -0.483 e. The molecule has 25 heavy (non-hydrogen) atoms. The molecule has 2 aromatic rings. The van der Waals surface area contributed by atoms with E-state index in [2.05, 4.69) is 5.32 Å². The Morgan fingerprint density at radius 1 is 1.40 bits per heavy atom. The molecule has 3 rings (SSSR count). The number of ether oxygens (including phenoxy) is 2. The van der Waals surface area contributed by atoms with Crippen molar-refractivity contribution in [2.45, 2.75) is 25.9 Å². The van der Waals surface area contributed by atoms with E-state index < -0.39 is 0 Å². The summed E-state index contributed by atoms with van der Waals surface area (Å²) in [6.45, 7) is 3.87. The number of nitriles is 1. The van der Waals surface area contributed by atoms with Crippen LogP contribution in [0, 0.1) is 11.3 Å². The molecule has 0 saturated heterocycles. The normalized spacial score (nSPS) is 14.2. The largest absolute Gasteiger partial charge is 0.483 e. The number of carbonyl (C=O) groups excluding carboxylic acids is 1. The molecule has 0 bridgehead atoms. The van der Waals surface area contributed by atoms with Crippen LogP contribution < -0.4 is 14.8 Å². The number of anilines is 1. The quantitative estimate of drug-likeness (QED) is 0.900. The van der Waals surface area contributed by atoms with Crippen molar-refractivity contribution in [3.63, 3.8) is 0 Å². The van der Waals surface area contributed by atoms with Crippen LogP contribution in [0.25, 0.3) is 0 Å². The van der Waals surface area contributed by atoms with E-state index in [1.54, 1.807) is 18.2 Å². The van der Waals surface area contributed by atoms with Crippen LogP contribution in [0.5, 0.6) is 11.5 Å². The van der Waals surface area contributed by atoms with Gasteiger partial charge in [0.25, 0.3) is 5.91 Å². The van der Waals surface area contributed by atoms with E-state index in [1.165, 1.54) is 6.07 Å². The molecule has 0 spiro atoms. The predicted octanol–water partition coefficient (Wildman–Crippen LogP) is 3.94. The Morgan fingerprint density at radius 3 is 2.92 bits per heavy atom. The van der Waals surface area contributed by atoms with Crippen LogP contribution in [0.1, 0.15) is 25.0 Å². The second-order valence-electron chi connectivity index (χ2n) is 6.43. The van der Waals surface area contributed by atoms with E-state index >= 15 is 0 Å². The van der Waals surface area contributed by atoms with Crippen molar-refractivity contribution in [1.29, 1.82) is 5.26 Å². The Kier molecular flexibility index (Phi) is 4.56. The van der Waals surface area contributed by atoms with Crippen LogP contribution in [-0.2, 0) is 11.2 Å². The van der Waals surface area contributed by atoms with Gasteiger partial charge in [0, 0.05) is 17.7 Å². The van der Waals surface area contributed by atoms with Crippen LogP contribution in [0.2, 0.25) is 5.02 Å². The number of nitrogens with one attached hydrogen (secondary N) is 1. The molecular formula is C19H17ClN2O3.